The van der Waals surface area contributed by atoms with Gasteiger partial charge in [-0.1, -0.05) is 31.3 Å². The number of hydrogen-bond acceptors (Lipinski definition) is 3. The van der Waals surface area contributed by atoms with E-state index in [1.807, 2.05) is 26.0 Å². The van der Waals surface area contributed by atoms with Gasteiger partial charge < -0.3 is 15.5 Å². The molecule has 3 N–H and O–H groups in total. The van der Waals surface area contributed by atoms with Crippen LogP contribution in [0.1, 0.15) is 34.2 Å². The lowest BCUT2D eigenvalue weighted by molar-refractivity contribution is 0.102. The Hall–Kier alpha value is -2.14. The second-order valence-electron chi connectivity index (χ2n) is 4.43. The van der Waals surface area contributed by atoms with E-state index in [2.05, 4.69) is 5.32 Å². The van der Waals surface area contributed by atoms with Crippen LogP contribution in [0, 0.1) is 6.92 Å². The highest BCUT2D eigenvalue weighted by Crippen LogP contribution is 2.21. The summed E-state index contributed by atoms with van der Waals surface area (Å²) < 4.78 is 5.26. The number of amides is 1. The van der Waals surface area contributed by atoms with Crippen LogP contribution in [0.15, 0.2) is 34.9 Å². The van der Waals surface area contributed by atoms with Gasteiger partial charge in [0.25, 0.3) is 5.91 Å². The standard InChI is InChI=1S/C15H16N2O2S/c1-3-12-10(7-8-19-12)15(18)17-11-6-4-5-9(2)13(11)14(16)20/h4-8H,3H2,1-2H3,(H2,16,20)(H,17,18). The number of furan rings is 1. The molecule has 5 heteroatoms. The first kappa shape index (κ1) is 14.3. The number of nitrogens with two attached hydrogens (primary N) is 1. The van der Waals surface area contributed by atoms with Gasteiger partial charge in [-0.15, -0.1) is 0 Å². The van der Waals surface area contributed by atoms with Crippen molar-refractivity contribution in [1.82, 2.24) is 0 Å². The van der Waals surface area contributed by atoms with Crippen molar-refractivity contribution < 1.29 is 9.21 Å². The van der Waals surface area contributed by atoms with Gasteiger partial charge in [0.2, 0.25) is 0 Å². The number of thiocarbonyl (C=S) groups is 1. The van der Waals surface area contributed by atoms with Crippen molar-refractivity contribution >= 4 is 28.8 Å². The summed E-state index contributed by atoms with van der Waals surface area (Å²) >= 11 is 5.05. The van der Waals surface area contributed by atoms with Crippen LogP contribution in [0.25, 0.3) is 0 Å². The highest BCUT2D eigenvalue weighted by molar-refractivity contribution is 7.80. The van der Waals surface area contributed by atoms with E-state index >= 15 is 0 Å². The number of rotatable bonds is 4. The number of anilines is 1. The fraction of sp³-hybridized carbons (Fsp3) is 0.200. The number of carbonyl (C=O) groups is 1. The molecular weight excluding hydrogens is 272 g/mol. The summed E-state index contributed by atoms with van der Waals surface area (Å²) in [6, 6.07) is 7.19. The van der Waals surface area contributed by atoms with Crippen molar-refractivity contribution in [1.29, 1.82) is 0 Å². The van der Waals surface area contributed by atoms with E-state index in [4.69, 9.17) is 22.4 Å². The number of aryl methyl sites for hydroxylation is 2. The molecule has 0 unspecified atom stereocenters. The Kier molecular flexibility index (Phi) is 4.20. The summed E-state index contributed by atoms with van der Waals surface area (Å²) in [5.41, 5.74) is 8.50. The summed E-state index contributed by atoms with van der Waals surface area (Å²) in [5.74, 6) is 0.436. The Morgan fingerprint density at radius 1 is 1.40 bits per heavy atom. The SMILES string of the molecule is CCc1occc1C(=O)Nc1cccc(C)c1C(N)=S. The zero-order valence-corrected chi connectivity index (χ0v) is 12.2. The molecule has 1 heterocycles. The van der Waals surface area contributed by atoms with Crippen molar-refractivity contribution in [2.24, 2.45) is 5.73 Å². The second-order valence-corrected chi connectivity index (χ2v) is 4.87. The molecule has 0 bridgehead atoms. The maximum atomic E-state index is 12.3. The minimum absolute atomic E-state index is 0.223. The average Bonchev–Trinajstić information content (AvgIpc) is 2.86. The zero-order chi connectivity index (χ0) is 14.7. The van der Waals surface area contributed by atoms with Gasteiger partial charge in [-0.2, -0.15) is 0 Å². The van der Waals surface area contributed by atoms with Gasteiger partial charge in [-0.25, -0.2) is 0 Å². The Morgan fingerprint density at radius 3 is 2.80 bits per heavy atom. The molecule has 0 spiro atoms. The molecule has 0 aliphatic rings. The number of carbonyl (C=O) groups excluding carboxylic acids is 1. The van der Waals surface area contributed by atoms with E-state index < -0.39 is 0 Å². The first-order valence-electron chi connectivity index (χ1n) is 6.31. The molecule has 0 aliphatic heterocycles. The lowest BCUT2D eigenvalue weighted by Crippen LogP contribution is -2.19. The van der Waals surface area contributed by atoms with Crippen LogP contribution in [-0.4, -0.2) is 10.9 Å². The van der Waals surface area contributed by atoms with Gasteiger partial charge in [0.1, 0.15) is 10.7 Å². The van der Waals surface area contributed by atoms with Gasteiger partial charge in [-0.3, -0.25) is 4.79 Å². The van der Waals surface area contributed by atoms with Crippen molar-refractivity contribution in [3.05, 3.63) is 53.0 Å². The first-order chi connectivity index (χ1) is 9.54. The molecular formula is C15H16N2O2S. The predicted molar refractivity (Wildman–Crippen MR) is 83.1 cm³/mol. The molecule has 1 aromatic carbocycles. The molecule has 2 aromatic rings. The summed E-state index contributed by atoms with van der Waals surface area (Å²) in [6.45, 7) is 3.84. The van der Waals surface area contributed by atoms with Crippen LogP contribution in [0.5, 0.6) is 0 Å². The van der Waals surface area contributed by atoms with E-state index in [1.165, 1.54) is 6.26 Å². The van der Waals surface area contributed by atoms with Gasteiger partial charge in [0.15, 0.2) is 0 Å². The fourth-order valence-electron chi connectivity index (χ4n) is 2.11. The molecule has 0 saturated carbocycles. The van der Waals surface area contributed by atoms with Crippen LogP contribution in [0.4, 0.5) is 5.69 Å². The van der Waals surface area contributed by atoms with Crippen molar-refractivity contribution in [3.63, 3.8) is 0 Å². The lowest BCUT2D eigenvalue weighted by Gasteiger charge is -2.12. The van der Waals surface area contributed by atoms with Crippen LogP contribution in [0.2, 0.25) is 0 Å². The quantitative estimate of drug-likeness (QED) is 0.849. The maximum absolute atomic E-state index is 12.3. The van der Waals surface area contributed by atoms with E-state index in [-0.39, 0.29) is 10.9 Å². The summed E-state index contributed by atoms with van der Waals surface area (Å²) in [7, 11) is 0. The molecule has 0 fully saturated rings. The maximum Gasteiger partial charge on any atom is 0.259 e. The van der Waals surface area contributed by atoms with E-state index in [0.717, 1.165) is 5.56 Å². The molecule has 0 aliphatic carbocycles. The summed E-state index contributed by atoms with van der Waals surface area (Å²) in [4.78, 5) is 12.6. The van der Waals surface area contributed by atoms with Crippen molar-refractivity contribution in [2.75, 3.05) is 5.32 Å². The topological polar surface area (TPSA) is 68.3 Å². The van der Waals surface area contributed by atoms with Crippen LogP contribution in [0.3, 0.4) is 0 Å². The summed E-state index contributed by atoms with van der Waals surface area (Å²) in [5, 5.41) is 2.84. The Labute approximate surface area is 123 Å². The molecule has 104 valence electrons. The first-order valence-corrected chi connectivity index (χ1v) is 6.72. The Morgan fingerprint density at radius 2 is 2.15 bits per heavy atom. The third kappa shape index (κ3) is 2.72. The van der Waals surface area contributed by atoms with Crippen molar-refractivity contribution in [2.45, 2.75) is 20.3 Å². The molecule has 0 saturated heterocycles. The normalized spacial score (nSPS) is 10.3. The molecule has 0 atom stereocenters. The minimum atomic E-state index is -0.223. The van der Waals surface area contributed by atoms with Crippen LogP contribution >= 0.6 is 12.2 Å². The molecule has 2 rings (SSSR count). The predicted octanol–water partition coefficient (Wildman–Crippen LogP) is 3.04. The van der Waals surface area contributed by atoms with Gasteiger partial charge >= 0.3 is 0 Å². The highest BCUT2D eigenvalue weighted by Gasteiger charge is 2.16. The number of hydrogen-bond donors (Lipinski definition) is 2. The Balaban J connectivity index is 2.33. The second kappa shape index (κ2) is 5.88. The number of benzene rings is 1. The molecule has 20 heavy (non-hydrogen) atoms. The lowest BCUT2D eigenvalue weighted by atomic mass is 10.1. The minimum Gasteiger partial charge on any atom is -0.469 e. The zero-order valence-electron chi connectivity index (χ0n) is 11.4. The van der Waals surface area contributed by atoms with Crippen molar-refractivity contribution in [3.8, 4) is 0 Å². The van der Waals surface area contributed by atoms with E-state index in [1.54, 1.807) is 12.1 Å². The molecule has 4 nitrogen and oxygen atoms in total. The van der Waals surface area contributed by atoms with Crippen LogP contribution < -0.4 is 11.1 Å². The molecule has 0 radical (unpaired) electrons. The smallest absolute Gasteiger partial charge is 0.259 e. The van der Waals surface area contributed by atoms with E-state index in [9.17, 15) is 4.79 Å². The van der Waals surface area contributed by atoms with Gasteiger partial charge in [0, 0.05) is 12.0 Å². The highest BCUT2D eigenvalue weighted by atomic mass is 32.1. The molecule has 1 amide bonds. The van der Waals surface area contributed by atoms with E-state index in [0.29, 0.717) is 29.0 Å². The van der Waals surface area contributed by atoms with Crippen LogP contribution in [-0.2, 0) is 6.42 Å². The third-order valence-corrected chi connectivity index (χ3v) is 3.28. The third-order valence-electron chi connectivity index (χ3n) is 3.08. The van der Waals surface area contributed by atoms with Gasteiger partial charge in [0.05, 0.1) is 17.5 Å². The monoisotopic (exact) mass is 288 g/mol. The fourth-order valence-corrected chi connectivity index (χ4v) is 2.38. The number of nitrogens with one attached hydrogen (secondary N) is 1. The molecule has 1 aromatic heterocycles. The average molecular weight is 288 g/mol. The summed E-state index contributed by atoms with van der Waals surface area (Å²) in [6.07, 6.45) is 2.17. The van der Waals surface area contributed by atoms with Gasteiger partial charge in [-0.05, 0) is 24.6 Å². The Bertz CT molecular complexity index is 662. The largest absolute Gasteiger partial charge is 0.469 e.